The molecule has 1 aliphatic heterocycles. The second kappa shape index (κ2) is 4.28. The molecule has 0 spiro atoms. The van der Waals surface area contributed by atoms with Gasteiger partial charge in [-0.2, -0.15) is 0 Å². The standard InChI is InChI=1S/C10H17N3O2/c11-4-7-2-1-3-8(7)13-5-9(14)12-10(15)6-13/h7-8H,1-6,11H2,(H,12,14,15). The number of carbonyl (C=O) groups excluding carboxylic acids is 2. The van der Waals surface area contributed by atoms with Gasteiger partial charge in [-0.25, -0.2) is 0 Å². The summed E-state index contributed by atoms with van der Waals surface area (Å²) >= 11 is 0. The van der Waals surface area contributed by atoms with E-state index in [1.54, 1.807) is 0 Å². The van der Waals surface area contributed by atoms with Gasteiger partial charge in [0.1, 0.15) is 0 Å². The molecule has 84 valence electrons. The Labute approximate surface area is 89.0 Å². The Morgan fingerprint density at radius 3 is 2.53 bits per heavy atom. The fourth-order valence-electron chi connectivity index (χ4n) is 2.67. The van der Waals surface area contributed by atoms with Crippen LogP contribution in [0.4, 0.5) is 0 Å². The minimum absolute atomic E-state index is 0.186. The van der Waals surface area contributed by atoms with Crippen LogP contribution in [0.1, 0.15) is 19.3 Å². The van der Waals surface area contributed by atoms with Gasteiger partial charge in [0.05, 0.1) is 13.1 Å². The van der Waals surface area contributed by atoms with E-state index in [9.17, 15) is 9.59 Å². The van der Waals surface area contributed by atoms with Crippen LogP contribution < -0.4 is 11.1 Å². The number of hydrogen-bond acceptors (Lipinski definition) is 4. The predicted molar refractivity (Wildman–Crippen MR) is 54.9 cm³/mol. The molecule has 1 saturated heterocycles. The number of carbonyl (C=O) groups is 2. The Morgan fingerprint density at radius 1 is 1.27 bits per heavy atom. The summed E-state index contributed by atoms with van der Waals surface area (Å²) in [5.74, 6) is 0.0755. The van der Waals surface area contributed by atoms with Crippen LogP contribution >= 0.6 is 0 Å². The number of piperazine rings is 1. The molecule has 5 heteroatoms. The molecule has 0 aromatic carbocycles. The predicted octanol–water partition coefficient (Wildman–Crippen LogP) is -0.928. The van der Waals surface area contributed by atoms with Gasteiger partial charge < -0.3 is 5.73 Å². The van der Waals surface area contributed by atoms with Crippen molar-refractivity contribution in [2.75, 3.05) is 19.6 Å². The third kappa shape index (κ3) is 2.18. The third-order valence-corrected chi connectivity index (χ3v) is 3.36. The lowest BCUT2D eigenvalue weighted by Crippen LogP contribution is -2.55. The largest absolute Gasteiger partial charge is 0.330 e. The molecule has 1 aliphatic carbocycles. The van der Waals surface area contributed by atoms with Gasteiger partial charge in [-0.1, -0.05) is 6.42 Å². The van der Waals surface area contributed by atoms with Crippen molar-refractivity contribution in [3.8, 4) is 0 Å². The van der Waals surface area contributed by atoms with Crippen molar-refractivity contribution in [3.63, 3.8) is 0 Å². The van der Waals surface area contributed by atoms with Crippen molar-refractivity contribution in [1.29, 1.82) is 0 Å². The molecule has 1 heterocycles. The molecule has 2 rings (SSSR count). The zero-order chi connectivity index (χ0) is 10.8. The average Bonchev–Trinajstić information content (AvgIpc) is 2.63. The van der Waals surface area contributed by atoms with Crippen molar-refractivity contribution < 1.29 is 9.59 Å². The van der Waals surface area contributed by atoms with E-state index in [-0.39, 0.29) is 11.8 Å². The molecule has 3 N–H and O–H groups in total. The Hall–Kier alpha value is -0.940. The highest BCUT2D eigenvalue weighted by atomic mass is 16.2. The van der Waals surface area contributed by atoms with Gasteiger partial charge in [0.2, 0.25) is 11.8 Å². The highest BCUT2D eigenvalue weighted by Crippen LogP contribution is 2.29. The van der Waals surface area contributed by atoms with E-state index in [0.717, 1.165) is 19.3 Å². The van der Waals surface area contributed by atoms with Crippen LogP contribution in [-0.4, -0.2) is 42.4 Å². The number of nitrogens with two attached hydrogens (primary N) is 1. The fourth-order valence-corrected chi connectivity index (χ4v) is 2.67. The van der Waals surface area contributed by atoms with Crippen LogP contribution in [0.3, 0.4) is 0 Å². The van der Waals surface area contributed by atoms with Gasteiger partial charge in [-0.05, 0) is 25.3 Å². The summed E-state index contributed by atoms with van der Waals surface area (Å²) in [4.78, 5) is 24.4. The van der Waals surface area contributed by atoms with Gasteiger partial charge in [0.15, 0.2) is 0 Å². The van der Waals surface area contributed by atoms with Crippen molar-refractivity contribution in [2.45, 2.75) is 25.3 Å². The highest BCUT2D eigenvalue weighted by molar-refractivity contribution is 5.99. The summed E-state index contributed by atoms with van der Waals surface area (Å²) in [7, 11) is 0. The average molecular weight is 211 g/mol. The van der Waals surface area contributed by atoms with Crippen LogP contribution in [0.15, 0.2) is 0 Å². The van der Waals surface area contributed by atoms with E-state index in [1.165, 1.54) is 0 Å². The molecule has 0 bridgehead atoms. The second-order valence-corrected chi connectivity index (χ2v) is 4.37. The van der Waals surface area contributed by atoms with Gasteiger partial charge in [-0.15, -0.1) is 0 Å². The first-order valence-electron chi connectivity index (χ1n) is 5.47. The lowest BCUT2D eigenvalue weighted by molar-refractivity contribution is -0.137. The SMILES string of the molecule is NCC1CCCC1N1CC(=O)NC(=O)C1. The smallest absolute Gasteiger partial charge is 0.240 e. The number of nitrogens with one attached hydrogen (secondary N) is 1. The van der Waals surface area contributed by atoms with Crippen molar-refractivity contribution >= 4 is 11.8 Å². The summed E-state index contributed by atoms with van der Waals surface area (Å²) < 4.78 is 0. The molecule has 0 aromatic rings. The van der Waals surface area contributed by atoms with E-state index < -0.39 is 0 Å². The number of amides is 2. The second-order valence-electron chi connectivity index (χ2n) is 4.37. The van der Waals surface area contributed by atoms with Gasteiger partial charge in [0, 0.05) is 6.04 Å². The van der Waals surface area contributed by atoms with E-state index in [1.807, 2.05) is 4.90 Å². The molecular weight excluding hydrogens is 194 g/mol. The Bertz CT molecular complexity index is 264. The molecule has 0 radical (unpaired) electrons. The summed E-state index contributed by atoms with van der Waals surface area (Å²) in [6.07, 6.45) is 3.33. The molecule has 2 unspecified atom stereocenters. The Morgan fingerprint density at radius 2 is 1.93 bits per heavy atom. The quantitative estimate of drug-likeness (QED) is 0.579. The molecular formula is C10H17N3O2. The minimum Gasteiger partial charge on any atom is -0.330 e. The molecule has 1 saturated carbocycles. The monoisotopic (exact) mass is 211 g/mol. The minimum atomic E-state index is -0.186. The normalized spacial score (nSPS) is 33.1. The van der Waals surface area contributed by atoms with Gasteiger partial charge in [-0.3, -0.25) is 19.8 Å². The first kappa shape index (κ1) is 10.6. The fraction of sp³-hybridized carbons (Fsp3) is 0.800. The Balaban J connectivity index is 2.02. The number of nitrogens with zero attached hydrogens (tertiary/aromatic N) is 1. The van der Waals surface area contributed by atoms with E-state index in [0.29, 0.717) is 31.6 Å². The van der Waals surface area contributed by atoms with Crippen molar-refractivity contribution in [2.24, 2.45) is 11.7 Å². The number of rotatable bonds is 2. The summed E-state index contributed by atoms with van der Waals surface area (Å²) in [5.41, 5.74) is 5.69. The molecule has 5 nitrogen and oxygen atoms in total. The van der Waals surface area contributed by atoms with Crippen LogP contribution in [0.25, 0.3) is 0 Å². The van der Waals surface area contributed by atoms with Crippen molar-refractivity contribution in [3.05, 3.63) is 0 Å². The maximum atomic E-state index is 11.2. The summed E-state index contributed by atoms with van der Waals surface area (Å²) in [6, 6.07) is 0.324. The zero-order valence-corrected chi connectivity index (χ0v) is 8.74. The maximum absolute atomic E-state index is 11.2. The maximum Gasteiger partial charge on any atom is 0.240 e. The lowest BCUT2D eigenvalue weighted by atomic mass is 10.0. The lowest BCUT2D eigenvalue weighted by Gasteiger charge is -2.33. The van der Waals surface area contributed by atoms with E-state index in [2.05, 4.69) is 5.32 Å². The molecule has 2 aliphatic rings. The molecule has 2 amide bonds. The van der Waals surface area contributed by atoms with Crippen LogP contribution in [0, 0.1) is 5.92 Å². The van der Waals surface area contributed by atoms with Gasteiger partial charge in [0.25, 0.3) is 0 Å². The first-order chi connectivity index (χ1) is 7.20. The first-order valence-corrected chi connectivity index (χ1v) is 5.47. The highest BCUT2D eigenvalue weighted by Gasteiger charge is 2.35. The molecule has 15 heavy (non-hydrogen) atoms. The van der Waals surface area contributed by atoms with Crippen LogP contribution in [0.5, 0.6) is 0 Å². The number of imide groups is 1. The topological polar surface area (TPSA) is 75.4 Å². The van der Waals surface area contributed by atoms with E-state index in [4.69, 9.17) is 5.73 Å². The third-order valence-electron chi connectivity index (χ3n) is 3.36. The molecule has 2 fully saturated rings. The summed E-state index contributed by atoms with van der Waals surface area (Å²) in [6.45, 7) is 1.33. The van der Waals surface area contributed by atoms with Crippen LogP contribution in [0.2, 0.25) is 0 Å². The van der Waals surface area contributed by atoms with Crippen LogP contribution in [-0.2, 0) is 9.59 Å². The van der Waals surface area contributed by atoms with Crippen molar-refractivity contribution in [1.82, 2.24) is 10.2 Å². The number of hydrogen-bond donors (Lipinski definition) is 2. The molecule has 2 atom stereocenters. The Kier molecular flexibility index (Phi) is 3.02. The molecule has 0 aromatic heterocycles. The van der Waals surface area contributed by atoms with Gasteiger partial charge >= 0.3 is 0 Å². The van der Waals surface area contributed by atoms with E-state index >= 15 is 0 Å². The zero-order valence-electron chi connectivity index (χ0n) is 8.74. The summed E-state index contributed by atoms with van der Waals surface area (Å²) in [5, 5.41) is 2.31.